The van der Waals surface area contributed by atoms with E-state index in [0.29, 0.717) is 6.04 Å². The van der Waals surface area contributed by atoms with Gasteiger partial charge in [0.25, 0.3) is 0 Å². The van der Waals surface area contributed by atoms with Crippen molar-refractivity contribution in [2.24, 2.45) is 0 Å². The molecule has 3 N–H and O–H groups in total. The van der Waals surface area contributed by atoms with Gasteiger partial charge in [-0.1, -0.05) is 44.4 Å². The molecule has 3 nitrogen and oxygen atoms in total. The van der Waals surface area contributed by atoms with E-state index in [1.54, 1.807) is 6.20 Å². The van der Waals surface area contributed by atoms with Crippen molar-refractivity contribution >= 4 is 21.5 Å². The lowest BCUT2D eigenvalue weighted by molar-refractivity contribution is 0.564. The Morgan fingerprint density at radius 2 is 2.20 bits per heavy atom. The number of nitrogens with zero attached hydrogens (tertiary/aromatic N) is 1. The van der Waals surface area contributed by atoms with Crippen LogP contribution in [0.25, 0.3) is 0 Å². The highest BCUT2D eigenvalue weighted by molar-refractivity contribution is 7.19. The average Bonchev–Trinajstić information content (AvgIpc) is 2.61. The molecule has 0 aliphatic carbocycles. The Morgan fingerprint density at radius 1 is 1.40 bits per heavy atom. The number of nitrogen functional groups attached to an aromatic ring is 1. The second kappa shape index (κ2) is 6.67. The van der Waals surface area contributed by atoms with Crippen LogP contribution in [-0.2, 0) is 0 Å². The summed E-state index contributed by atoms with van der Waals surface area (Å²) in [5, 5.41) is 5.20. The lowest BCUT2D eigenvalue weighted by atomic mass is 10.1. The summed E-state index contributed by atoms with van der Waals surface area (Å²) in [6.45, 7) is 4.45. The summed E-state index contributed by atoms with van der Waals surface area (Å²) >= 11 is 1.53. The second-order valence-electron chi connectivity index (χ2n) is 3.84. The maximum absolute atomic E-state index is 5.64. The van der Waals surface area contributed by atoms with Gasteiger partial charge in [-0.25, -0.2) is 4.98 Å². The summed E-state index contributed by atoms with van der Waals surface area (Å²) in [7, 11) is 0. The van der Waals surface area contributed by atoms with Crippen molar-refractivity contribution in [3.63, 3.8) is 0 Å². The van der Waals surface area contributed by atoms with Gasteiger partial charge in [-0.05, 0) is 12.8 Å². The molecule has 0 aromatic carbocycles. The van der Waals surface area contributed by atoms with Gasteiger partial charge in [0.2, 0.25) is 0 Å². The van der Waals surface area contributed by atoms with Gasteiger partial charge in [-0.2, -0.15) is 0 Å². The molecule has 86 valence electrons. The standard InChI is InChI=1S/C11H21N3S/c1-3-5-7-9(6-4-2)14-11-13-8-10(12)15-11/h8-9H,3-7,12H2,1-2H3,(H,13,14). The van der Waals surface area contributed by atoms with E-state index in [-0.39, 0.29) is 0 Å². The van der Waals surface area contributed by atoms with Gasteiger partial charge < -0.3 is 11.1 Å². The van der Waals surface area contributed by atoms with E-state index in [1.807, 2.05) is 0 Å². The molecule has 0 fully saturated rings. The van der Waals surface area contributed by atoms with Crippen LogP contribution in [-0.4, -0.2) is 11.0 Å². The molecule has 0 amide bonds. The van der Waals surface area contributed by atoms with Crippen LogP contribution in [0, 0.1) is 0 Å². The molecule has 0 saturated heterocycles. The van der Waals surface area contributed by atoms with Crippen LogP contribution in [0.3, 0.4) is 0 Å². The molecule has 15 heavy (non-hydrogen) atoms. The van der Waals surface area contributed by atoms with E-state index in [9.17, 15) is 0 Å². The first-order chi connectivity index (χ1) is 7.26. The fourth-order valence-electron chi connectivity index (χ4n) is 1.62. The van der Waals surface area contributed by atoms with Crippen LogP contribution in [0.2, 0.25) is 0 Å². The largest absolute Gasteiger partial charge is 0.389 e. The van der Waals surface area contributed by atoms with Crippen molar-refractivity contribution in [1.82, 2.24) is 4.98 Å². The molecular formula is C11H21N3S. The van der Waals surface area contributed by atoms with Gasteiger partial charge in [0, 0.05) is 6.04 Å². The maximum Gasteiger partial charge on any atom is 0.184 e. The van der Waals surface area contributed by atoms with Crippen LogP contribution in [0.15, 0.2) is 6.20 Å². The zero-order valence-corrected chi connectivity index (χ0v) is 10.4. The number of hydrogen-bond acceptors (Lipinski definition) is 4. The first kappa shape index (κ1) is 12.3. The fourth-order valence-corrected chi connectivity index (χ4v) is 2.28. The predicted octanol–water partition coefficient (Wildman–Crippen LogP) is 3.50. The summed E-state index contributed by atoms with van der Waals surface area (Å²) in [5.41, 5.74) is 5.64. The normalized spacial score (nSPS) is 12.7. The molecule has 0 spiro atoms. The monoisotopic (exact) mass is 227 g/mol. The lowest BCUT2D eigenvalue weighted by Gasteiger charge is -2.16. The summed E-state index contributed by atoms with van der Waals surface area (Å²) in [6.07, 6.45) is 7.89. The molecule has 1 heterocycles. The van der Waals surface area contributed by atoms with E-state index in [1.165, 1.54) is 43.4 Å². The zero-order chi connectivity index (χ0) is 11.1. The van der Waals surface area contributed by atoms with Crippen molar-refractivity contribution < 1.29 is 0 Å². The van der Waals surface area contributed by atoms with E-state index >= 15 is 0 Å². The Hall–Kier alpha value is -0.770. The average molecular weight is 227 g/mol. The smallest absolute Gasteiger partial charge is 0.184 e. The van der Waals surface area contributed by atoms with Gasteiger partial charge >= 0.3 is 0 Å². The van der Waals surface area contributed by atoms with Gasteiger partial charge in [-0.15, -0.1) is 0 Å². The minimum Gasteiger partial charge on any atom is -0.389 e. The second-order valence-corrected chi connectivity index (χ2v) is 4.90. The highest BCUT2D eigenvalue weighted by atomic mass is 32.1. The number of rotatable bonds is 7. The van der Waals surface area contributed by atoms with Crippen LogP contribution in [0.1, 0.15) is 46.0 Å². The van der Waals surface area contributed by atoms with Crippen LogP contribution < -0.4 is 11.1 Å². The number of hydrogen-bond donors (Lipinski definition) is 2. The summed E-state index contributed by atoms with van der Waals surface area (Å²) < 4.78 is 0. The number of thiazole rings is 1. The molecule has 0 saturated carbocycles. The number of unbranched alkanes of at least 4 members (excludes halogenated alkanes) is 1. The molecule has 1 unspecified atom stereocenters. The SMILES string of the molecule is CCCCC(CCC)Nc1ncc(N)s1. The van der Waals surface area contributed by atoms with Crippen molar-refractivity contribution in [2.45, 2.75) is 52.0 Å². The number of nitrogens with two attached hydrogens (primary N) is 1. The van der Waals surface area contributed by atoms with E-state index in [4.69, 9.17) is 5.73 Å². The van der Waals surface area contributed by atoms with Crippen LogP contribution in [0.5, 0.6) is 0 Å². The molecular weight excluding hydrogens is 206 g/mol. The quantitative estimate of drug-likeness (QED) is 0.749. The third kappa shape index (κ3) is 4.51. The Bertz CT molecular complexity index is 273. The van der Waals surface area contributed by atoms with E-state index in [0.717, 1.165) is 10.1 Å². The molecule has 1 aromatic rings. The predicted molar refractivity (Wildman–Crippen MR) is 68.4 cm³/mol. The van der Waals surface area contributed by atoms with Crippen molar-refractivity contribution in [1.29, 1.82) is 0 Å². The van der Waals surface area contributed by atoms with Crippen LogP contribution in [0.4, 0.5) is 10.1 Å². The first-order valence-corrected chi connectivity index (χ1v) is 6.55. The first-order valence-electron chi connectivity index (χ1n) is 5.74. The van der Waals surface area contributed by atoms with E-state index in [2.05, 4.69) is 24.1 Å². The molecule has 0 bridgehead atoms. The molecule has 4 heteroatoms. The molecule has 0 aliphatic rings. The number of nitrogens with one attached hydrogen (secondary N) is 1. The number of aromatic nitrogens is 1. The van der Waals surface area contributed by atoms with Crippen LogP contribution >= 0.6 is 11.3 Å². The van der Waals surface area contributed by atoms with Gasteiger partial charge in [-0.3, -0.25) is 0 Å². The van der Waals surface area contributed by atoms with Gasteiger partial charge in [0.05, 0.1) is 6.20 Å². The van der Waals surface area contributed by atoms with Gasteiger partial charge in [0.15, 0.2) is 5.13 Å². The maximum atomic E-state index is 5.64. The third-order valence-corrected chi connectivity index (χ3v) is 3.15. The summed E-state index contributed by atoms with van der Waals surface area (Å²) in [5.74, 6) is 0. The highest BCUT2D eigenvalue weighted by Gasteiger charge is 2.08. The van der Waals surface area contributed by atoms with Crippen molar-refractivity contribution in [3.05, 3.63) is 6.20 Å². The van der Waals surface area contributed by atoms with E-state index < -0.39 is 0 Å². The Morgan fingerprint density at radius 3 is 2.73 bits per heavy atom. The fraction of sp³-hybridized carbons (Fsp3) is 0.727. The molecule has 0 aliphatic heterocycles. The molecule has 0 radical (unpaired) electrons. The minimum atomic E-state index is 0.556. The molecule has 1 atom stereocenters. The Balaban J connectivity index is 2.42. The number of anilines is 2. The zero-order valence-electron chi connectivity index (χ0n) is 9.62. The van der Waals surface area contributed by atoms with Crippen molar-refractivity contribution in [3.8, 4) is 0 Å². The topological polar surface area (TPSA) is 50.9 Å². The minimum absolute atomic E-state index is 0.556. The Labute approximate surface area is 96.1 Å². The summed E-state index contributed by atoms with van der Waals surface area (Å²) in [4.78, 5) is 4.23. The molecule has 1 aromatic heterocycles. The third-order valence-electron chi connectivity index (χ3n) is 2.39. The van der Waals surface area contributed by atoms with Crippen molar-refractivity contribution in [2.75, 3.05) is 11.1 Å². The van der Waals surface area contributed by atoms with Gasteiger partial charge in [0.1, 0.15) is 5.00 Å². The highest BCUT2D eigenvalue weighted by Crippen LogP contribution is 2.22. The summed E-state index contributed by atoms with van der Waals surface area (Å²) in [6, 6.07) is 0.556. The molecule has 1 rings (SSSR count). The lowest BCUT2D eigenvalue weighted by Crippen LogP contribution is -2.18. The Kier molecular flexibility index (Phi) is 5.47.